The number of benzene rings is 1. The Morgan fingerprint density at radius 3 is 2.76 bits per heavy atom. The predicted octanol–water partition coefficient (Wildman–Crippen LogP) is 1.54. The number of aliphatic hydroxyl groups is 1. The zero-order valence-corrected chi connectivity index (χ0v) is 10.7. The molecular weight excluding hydrogens is 212 g/mol. The highest BCUT2D eigenvalue weighted by Gasteiger charge is 2.21. The highest BCUT2D eigenvalue weighted by Crippen LogP contribution is 2.19. The van der Waals surface area contributed by atoms with Gasteiger partial charge in [-0.25, -0.2) is 0 Å². The molecule has 1 aromatic rings. The summed E-state index contributed by atoms with van der Waals surface area (Å²) in [6.45, 7) is 3.46. The summed E-state index contributed by atoms with van der Waals surface area (Å²) in [5, 5.41) is 13.3. The molecule has 3 nitrogen and oxygen atoms in total. The average molecular weight is 234 g/mol. The van der Waals surface area contributed by atoms with Crippen LogP contribution in [0.1, 0.15) is 18.4 Å². The van der Waals surface area contributed by atoms with E-state index in [9.17, 15) is 5.11 Å². The van der Waals surface area contributed by atoms with Crippen molar-refractivity contribution in [3.63, 3.8) is 0 Å². The molecule has 2 N–H and O–H groups in total. The number of hydrogen-bond donors (Lipinski definition) is 2. The van der Waals surface area contributed by atoms with Crippen LogP contribution in [0.5, 0.6) is 0 Å². The van der Waals surface area contributed by atoms with Crippen molar-refractivity contribution in [1.82, 2.24) is 5.32 Å². The van der Waals surface area contributed by atoms with Gasteiger partial charge in [-0.3, -0.25) is 0 Å². The van der Waals surface area contributed by atoms with E-state index in [1.165, 1.54) is 24.1 Å². The minimum Gasteiger partial charge on any atom is -0.390 e. The number of likely N-dealkylation sites (N-methyl/N-ethyl adjacent to an activating group) is 1. The van der Waals surface area contributed by atoms with Gasteiger partial charge in [0, 0.05) is 31.9 Å². The molecule has 1 unspecified atom stereocenters. The van der Waals surface area contributed by atoms with Crippen molar-refractivity contribution in [2.45, 2.75) is 31.9 Å². The quantitative estimate of drug-likeness (QED) is 0.784. The minimum atomic E-state index is -0.305. The van der Waals surface area contributed by atoms with E-state index in [0.717, 1.165) is 0 Å². The van der Waals surface area contributed by atoms with Gasteiger partial charge in [0.2, 0.25) is 0 Å². The van der Waals surface area contributed by atoms with Gasteiger partial charge in [0.1, 0.15) is 0 Å². The van der Waals surface area contributed by atoms with Crippen molar-refractivity contribution in [2.75, 3.05) is 25.0 Å². The zero-order valence-electron chi connectivity index (χ0n) is 10.7. The number of rotatable bonds is 6. The van der Waals surface area contributed by atoms with Crippen LogP contribution in [0.4, 0.5) is 5.69 Å². The fourth-order valence-corrected chi connectivity index (χ4v) is 2.06. The molecule has 1 saturated carbocycles. The van der Waals surface area contributed by atoms with Crippen LogP contribution in [0, 0.1) is 6.92 Å². The van der Waals surface area contributed by atoms with E-state index in [0.29, 0.717) is 19.1 Å². The number of anilines is 1. The third-order valence-electron chi connectivity index (χ3n) is 3.23. The Bertz CT molecular complexity index is 363. The van der Waals surface area contributed by atoms with E-state index in [4.69, 9.17) is 0 Å². The SMILES string of the molecule is Cc1ccccc1N(C)CC(O)CNC1CC1. The molecule has 94 valence electrons. The van der Waals surface area contributed by atoms with Crippen molar-refractivity contribution in [3.05, 3.63) is 29.8 Å². The summed E-state index contributed by atoms with van der Waals surface area (Å²) in [6, 6.07) is 8.93. The van der Waals surface area contributed by atoms with Crippen LogP contribution in [-0.4, -0.2) is 37.4 Å². The van der Waals surface area contributed by atoms with Crippen molar-refractivity contribution in [1.29, 1.82) is 0 Å². The van der Waals surface area contributed by atoms with Crippen molar-refractivity contribution in [2.24, 2.45) is 0 Å². The molecule has 0 amide bonds. The van der Waals surface area contributed by atoms with E-state index >= 15 is 0 Å². The Morgan fingerprint density at radius 2 is 2.12 bits per heavy atom. The molecule has 0 saturated heterocycles. The second-order valence-corrected chi connectivity index (χ2v) is 5.00. The summed E-state index contributed by atoms with van der Waals surface area (Å²) in [4.78, 5) is 2.12. The van der Waals surface area contributed by atoms with Gasteiger partial charge < -0.3 is 15.3 Å². The Balaban J connectivity index is 1.82. The maximum Gasteiger partial charge on any atom is 0.0839 e. The summed E-state index contributed by atoms with van der Waals surface area (Å²) in [6.07, 6.45) is 2.22. The summed E-state index contributed by atoms with van der Waals surface area (Å²) in [7, 11) is 2.03. The fraction of sp³-hybridized carbons (Fsp3) is 0.571. The lowest BCUT2D eigenvalue weighted by Gasteiger charge is -2.24. The standard InChI is InChI=1S/C14H22N2O/c1-11-5-3-4-6-14(11)16(2)10-13(17)9-15-12-7-8-12/h3-6,12-13,15,17H,7-10H2,1-2H3. The molecule has 1 aliphatic rings. The number of aliphatic hydroxyl groups excluding tert-OH is 1. The predicted molar refractivity (Wildman–Crippen MR) is 71.5 cm³/mol. The van der Waals surface area contributed by atoms with Gasteiger partial charge in [0.05, 0.1) is 6.10 Å². The van der Waals surface area contributed by atoms with Crippen molar-refractivity contribution in [3.8, 4) is 0 Å². The molecule has 1 atom stereocenters. The molecule has 3 heteroatoms. The van der Waals surface area contributed by atoms with Crippen LogP contribution in [0.3, 0.4) is 0 Å². The van der Waals surface area contributed by atoms with Gasteiger partial charge in [0.25, 0.3) is 0 Å². The molecule has 0 bridgehead atoms. The van der Waals surface area contributed by atoms with E-state index < -0.39 is 0 Å². The van der Waals surface area contributed by atoms with Gasteiger partial charge >= 0.3 is 0 Å². The molecular formula is C14H22N2O. The largest absolute Gasteiger partial charge is 0.390 e. The third kappa shape index (κ3) is 3.72. The van der Waals surface area contributed by atoms with E-state index in [-0.39, 0.29) is 6.10 Å². The number of nitrogens with one attached hydrogen (secondary N) is 1. The fourth-order valence-electron chi connectivity index (χ4n) is 2.06. The number of nitrogens with zero attached hydrogens (tertiary/aromatic N) is 1. The summed E-state index contributed by atoms with van der Waals surface area (Å²) in [5.74, 6) is 0. The van der Waals surface area contributed by atoms with Gasteiger partial charge in [-0.15, -0.1) is 0 Å². The maximum atomic E-state index is 9.94. The third-order valence-corrected chi connectivity index (χ3v) is 3.23. The molecule has 17 heavy (non-hydrogen) atoms. The van der Waals surface area contributed by atoms with Crippen LogP contribution in [0.2, 0.25) is 0 Å². The van der Waals surface area contributed by atoms with E-state index in [1.54, 1.807) is 0 Å². The topological polar surface area (TPSA) is 35.5 Å². The summed E-state index contributed by atoms with van der Waals surface area (Å²) >= 11 is 0. The van der Waals surface area contributed by atoms with E-state index in [1.807, 2.05) is 19.2 Å². The van der Waals surface area contributed by atoms with Crippen LogP contribution in [0.15, 0.2) is 24.3 Å². The smallest absolute Gasteiger partial charge is 0.0839 e. The highest BCUT2D eigenvalue weighted by molar-refractivity contribution is 5.52. The summed E-state index contributed by atoms with van der Waals surface area (Å²) < 4.78 is 0. The Morgan fingerprint density at radius 1 is 1.41 bits per heavy atom. The Kier molecular flexibility index (Phi) is 4.02. The van der Waals surface area contributed by atoms with E-state index in [2.05, 4.69) is 29.3 Å². The maximum absolute atomic E-state index is 9.94. The first kappa shape index (κ1) is 12.4. The van der Waals surface area contributed by atoms with Crippen LogP contribution in [-0.2, 0) is 0 Å². The van der Waals surface area contributed by atoms with Gasteiger partial charge in [-0.1, -0.05) is 18.2 Å². The molecule has 1 aromatic carbocycles. The first-order chi connectivity index (χ1) is 8.16. The lowest BCUT2D eigenvalue weighted by Crippen LogP contribution is -2.37. The molecule has 1 fully saturated rings. The molecule has 0 aliphatic heterocycles. The van der Waals surface area contributed by atoms with Gasteiger partial charge in [-0.2, -0.15) is 0 Å². The highest BCUT2D eigenvalue weighted by atomic mass is 16.3. The lowest BCUT2D eigenvalue weighted by molar-refractivity contribution is 0.177. The Hall–Kier alpha value is -1.06. The van der Waals surface area contributed by atoms with Gasteiger partial charge in [0.15, 0.2) is 0 Å². The number of aryl methyl sites for hydroxylation is 1. The first-order valence-electron chi connectivity index (χ1n) is 6.35. The van der Waals surface area contributed by atoms with Crippen LogP contribution >= 0.6 is 0 Å². The van der Waals surface area contributed by atoms with Crippen molar-refractivity contribution < 1.29 is 5.11 Å². The monoisotopic (exact) mass is 234 g/mol. The normalized spacial score (nSPS) is 16.9. The lowest BCUT2D eigenvalue weighted by atomic mass is 10.2. The molecule has 1 aliphatic carbocycles. The first-order valence-corrected chi connectivity index (χ1v) is 6.35. The van der Waals surface area contributed by atoms with Crippen LogP contribution in [0.25, 0.3) is 0 Å². The number of para-hydroxylation sites is 1. The molecule has 0 radical (unpaired) electrons. The molecule has 2 rings (SSSR count). The average Bonchev–Trinajstić information content (AvgIpc) is 3.10. The summed E-state index contributed by atoms with van der Waals surface area (Å²) in [5.41, 5.74) is 2.44. The second-order valence-electron chi connectivity index (χ2n) is 5.00. The zero-order chi connectivity index (χ0) is 12.3. The molecule has 0 aromatic heterocycles. The molecule has 0 spiro atoms. The number of hydrogen-bond acceptors (Lipinski definition) is 3. The Labute approximate surface area is 103 Å². The molecule has 0 heterocycles. The van der Waals surface area contributed by atoms with Crippen molar-refractivity contribution >= 4 is 5.69 Å². The van der Waals surface area contributed by atoms with Crippen LogP contribution < -0.4 is 10.2 Å². The van der Waals surface area contributed by atoms with Gasteiger partial charge in [-0.05, 0) is 31.4 Å². The second kappa shape index (κ2) is 5.52. The minimum absolute atomic E-state index is 0.305.